The van der Waals surface area contributed by atoms with E-state index in [4.69, 9.17) is 5.11 Å². The number of aliphatic carboxylic acids is 1. The molecule has 0 radical (unpaired) electrons. The molecule has 0 saturated carbocycles. The van der Waals surface area contributed by atoms with Gasteiger partial charge in [-0.1, -0.05) is 13.3 Å². The van der Waals surface area contributed by atoms with Crippen molar-refractivity contribution in [2.75, 3.05) is 0 Å². The lowest BCUT2D eigenvalue weighted by atomic mass is 10.1. The minimum Gasteiger partial charge on any atom is -0.480 e. The van der Waals surface area contributed by atoms with Crippen LogP contribution >= 0.6 is 0 Å². The third-order valence-electron chi connectivity index (χ3n) is 3.61. The van der Waals surface area contributed by atoms with Gasteiger partial charge in [-0.25, -0.2) is 9.78 Å². The number of carbonyl (C=O) groups excluding carboxylic acids is 1. The van der Waals surface area contributed by atoms with Crippen molar-refractivity contribution >= 4 is 22.9 Å². The molecule has 2 aromatic rings. The van der Waals surface area contributed by atoms with Crippen LogP contribution < -0.4 is 5.32 Å². The number of amides is 1. The average Bonchev–Trinajstić information content (AvgIpc) is 2.71. The zero-order valence-corrected chi connectivity index (χ0v) is 13.2. The number of pyridine rings is 1. The Morgan fingerprint density at radius 3 is 2.64 bits per heavy atom. The van der Waals surface area contributed by atoms with Crippen molar-refractivity contribution in [3.05, 3.63) is 23.0 Å². The second kappa shape index (κ2) is 6.13. The first-order valence-corrected chi connectivity index (χ1v) is 7.19. The van der Waals surface area contributed by atoms with Gasteiger partial charge in [-0.05, 0) is 26.3 Å². The molecular formula is C15H20N4O3. The average molecular weight is 304 g/mol. The minimum absolute atomic E-state index is 0.381. The third kappa shape index (κ3) is 2.93. The summed E-state index contributed by atoms with van der Waals surface area (Å²) >= 11 is 0. The standard InChI is InChI=1S/C15H20N4O3/c1-5-6-12(15(21)22)17-14(20)11-7-10-9(3)18-19(4)13(10)16-8(11)2/h7,12H,5-6H2,1-4H3,(H,17,20)(H,21,22). The van der Waals surface area contributed by atoms with Crippen LogP contribution in [-0.4, -0.2) is 37.8 Å². The molecule has 0 spiro atoms. The number of carbonyl (C=O) groups is 2. The number of hydrogen-bond donors (Lipinski definition) is 2. The SMILES string of the molecule is CCCC(NC(=O)c1cc2c(C)nn(C)c2nc1C)C(=O)O. The molecule has 7 heteroatoms. The molecule has 1 unspecified atom stereocenters. The number of hydrogen-bond acceptors (Lipinski definition) is 4. The normalized spacial score (nSPS) is 12.4. The Bertz CT molecular complexity index is 736. The molecule has 2 heterocycles. The number of fused-ring (bicyclic) bond motifs is 1. The molecule has 0 saturated heterocycles. The van der Waals surface area contributed by atoms with Crippen molar-refractivity contribution in [1.29, 1.82) is 0 Å². The summed E-state index contributed by atoms with van der Waals surface area (Å²) in [6, 6.07) is 0.836. The highest BCUT2D eigenvalue weighted by molar-refractivity contribution is 6.00. The van der Waals surface area contributed by atoms with Crippen molar-refractivity contribution in [1.82, 2.24) is 20.1 Å². The van der Waals surface area contributed by atoms with E-state index in [9.17, 15) is 9.59 Å². The molecule has 2 rings (SSSR count). The summed E-state index contributed by atoms with van der Waals surface area (Å²) in [6.45, 7) is 5.45. The van der Waals surface area contributed by atoms with Gasteiger partial charge in [0.15, 0.2) is 5.65 Å². The highest BCUT2D eigenvalue weighted by Crippen LogP contribution is 2.19. The van der Waals surface area contributed by atoms with E-state index in [1.54, 1.807) is 24.7 Å². The minimum atomic E-state index is -1.03. The molecule has 2 aromatic heterocycles. The first kappa shape index (κ1) is 15.9. The fourth-order valence-electron chi connectivity index (χ4n) is 2.44. The lowest BCUT2D eigenvalue weighted by molar-refractivity contribution is -0.139. The van der Waals surface area contributed by atoms with Crippen molar-refractivity contribution in [3.8, 4) is 0 Å². The summed E-state index contributed by atoms with van der Waals surface area (Å²) in [5.74, 6) is -1.45. The molecule has 0 aliphatic carbocycles. The van der Waals surface area contributed by atoms with Crippen LogP contribution in [-0.2, 0) is 11.8 Å². The van der Waals surface area contributed by atoms with Gasteiger partial charge in [-0.3, -0.25) is 9.48 Å². The van der Waals surface area contributed by atoms with E-state index >= 15 is 0 Å². The smallest absolute Gasteiger partial charge is 0.326 e. The number of nitrogens with zero attached hydrogens (tertiary/aromatic N) is 3. The zero-order valence-electron chi connectivity index (χ0n) is 13.2. The maximum absolute atomic E-state index is 12.4. The van der Waals surface area contributed by atoms with Crippen molar-refractivity contribution in [2.24, 2.45) is 7.05 Å². The van der Waals surface area contributed by atoms with E-state index in [2.05, 4.69) is 15.4 Å². The van der Waals surface area contributed by atoms with Crippen molar-refractivity contribution < 1.29 is 14.7 Å². The zero-order chi connectivity index (χ0) is 16.4. The first-order chi connectivity index (χ1) is 10.3. The molecule has 1 atom stereocenters. The molecule has 0 aliphatic rings. The van der Waals surface area contributed by atoms with Crippen molar-refractivity contribution in [3.63, 3.8) is 0 Å². The van der Waals surface area contributed by atoms with E-state index in [-0.39, 0.29) is 0 Å². The predicted molar refractivity (Wildman–Crippen MR) is 81.8 cm³/mol. The fraction of sp³-hybridized carbons (Fsp3) is 0.467. The van der Waals surface area contributed by atoms with Gasteiger partial charge in [0.2, 0.25) is 0 Å². The van der Waals surface area contributed by atoms with Crippen LogP contribution in [0.2, 0.25) is 0 Å². The van der Waals surface area contributed by atoms with Crippen LogP contribution in [0.1, 0.15) is 41.5 Å². The Morgan fingerprint density at radius 1 is 1.36 bits per heavy atom. The summed E-state index contributed by atoms with van der Waals surface area (Å²) in [7, 11) is 1.79. The molecule has 7 nitrogen and oxygen atoms in total. The maximum Gasteiger partial charge on any atom is 0.326 e. The largest absolute Gasteiger partial charge is 0.480 e. The molecule has 0 fully saturated rings. The van der Waals surface area contributed by atoms with E-state index in [1.165, 1.54) is 0 Å². The van der Waals surface area contributed by atoms with E-state index in [1.807, 2.05) is 13.8 Å². The van der Waals surface area contributed by atoms with Gasteiger partial charge in [0.25, 0.3) is 5.91 Å². The molecular weight excluding hydrogens is 284 g/mol. The van der Waals surface area contributed by atoms with Crippen LogP contribution in [0.5, 0.6) is 0 Å². The van der Waals surface area contributed by atoms with E-state index in [0.717, 1.165) is 11.1 Å². The number of carboxylic acid groups (broad SMARTS) is 1. The lowest BCUT2D eigenvalue weighted by Gasteiger charge is -2.14. The van der Waals surface area contributed by atoms with Gasteiger partial charge in [0.1, 0.15) is 6.04 Å². The van der Waals surface area contributed by atoms with Crippen molar-refractivity contribution in [2.45, 2.75) is 39.7 Å². The molecule has 1 amide bonds. The second-order valence-corrected chi connectivity index (χ2v) is 5.35. The van der Waals surface area contributed by atoms with Gasteiger partial charge in [-0.2, -0.15) is 5.10 Å². The Kier molecular flexibility index (Phi) is 4.44. The molecule has 2 N–H and O–H groups in total. The van der Waals surface area contributed by atoms with Gasteiger partial charge in [0.05, 0.1) is 17.0 Å². The molecule has 0 aromatic carbocycles. The Morgan fingerprint density at radius 2 is 2.05 bits per heavy atom. The van der Waals surface area contributed by atoms with Crippen LogP contribution in [0.4, 0.5) is 0 Å². The van der Waals surface area contributed by atoms with E-state index in [0.29, 0.717) is 29.7 Å². The quantitative estimate of drug-likeness (QED) is 0.874. The Labute approximate surface area is 128 Å². The summed E-state index contributed by atoms with van der Waals surface area (Å²) in [6.07, 6.45) is 1.07. The third-order valence-corrected chi connectivity index (χ3v) is 3.61. The summed E-state index contributed by atoms with van der Waals surface area (Å²) in [4.78, 5) is 28.0. The predicted octanol–water partition coefficient (Wildman–Crippen LogP) is 1.57. The van der Waals surface area contributed by atoms with Crippen LogP contribution in [0.15, 0.2) is 6.07 Å². The number of nitrogens with one attached hydrogen (secondary N) is 1. The maximum atomic E-state index is 12.4. The van der Waals surface area contributed by atoms with Gasteiger partial charge >= 0.3 is 5.97 Å². The Hall–Kier alpha value is -2.44. The van der Waals surface area contributed by atoms with Crippen LogP contribution in [0.25, 0.3) is 11.0 Å². The summed E-state index contributed by atoms with van der Waals surface area (Å²) in [5.41, 5.74) is 2.41. The lowest BCUT2D eigenvalue weighted by Crippen LogP contribution is -2.41. The number of aromatic nitrogens is 3. The number of rotatable bonds is 5. The molecule has 118 valence electrons. The van der Waals surface area contributed by atoms with Gasteiger partial charge < -0.3 is 10.4 Å². The topological polar surface area (TPSA) is 97.1 Å². The highest BCUT2D eigenvalue weighted by Gasteiger charge is 2.22. The number of aryl methyl sites for hydroxylation is 3. The van der Waals surface area contributed by atoms with Crippen LogP contribution in [0, 0.1) is 13.8 Å². The molecule has 22 heavy (non-hydrogen) atoms. The monoisotopic (exact) mass is 304 g/mol. The van der Waals surface area contributed by atoms with Gasteiger partial charge in [-0.15, -0.1) is 0 Å². The Balaban J connectivity index is 2.37. The highest BCUT2D eigenvalue weighted by atomic mass is 16.4. The first-order valence-electron chi connectivity index (χ1n) is 7.19. The fourth-order valence-corrected chi connectivity index (χ4v) is 2.44. The van der Waals surface area contributed by atoms with Crippen LogP contribution in [0.3, 0.4) is 0 Å². The molecule has 0 aliphatic heterocycles. The number of carboxylic acids is 1. The summed E-state index contributed by atoms with van der Waals surface area (Å²) in [5, 5.41) is 16.8. The molecule has 0 bridgehead atoms. The summed E-state index contributed by atoms with van der Waals surface area (Å²) < 4.78 is 1.66. The van der Waals surface area contributed by atoms with E-state index < -0.39 is 17.9 Å². The second-order valence-electron chi connectivity index (χ2n) is 5.35. The van der Waals surface area contributed by atoms with Gasteiger partial charge in [0, 0.05) is 12.4 Å².